The van der Waals surface area contributed by atoms with Crippen molar-refractivity contribution in [2.45, 2.75) is 16.6 Å². The predicted molar refractivity (Wildman–Crippen MR) is 118 cm³/mol. The Hall–Kier alpha value is -3.66. The summed E-state index contributed by atoms with van der Waals surface area (Å²) >= 11 is 1.48. The first kappa shape index (κ1) is 20.6. The fraction of sp³-hybridized carbons (Fsp3) is 0.190. The number of thioether (sulfide) groups is 1. The highest BCUT2D eigenvalue weighted by atomic mass is 32.2. The third-order valence-electron chi connectivity index (χ3n) is 5.14. The van der Waals surface area contributed by atoms with Crippen molar-refractivity contribution < 1.29 is 10.0 Å². The monoisotopic (exact) mass is 438 g/mol. The Balaban J connectivity index is 1.93. The summed E-state index contributed by atoms with van der Waals surface area (Å²) in [5, 5.41) is 21.6. The quantitative estimate of drug-likeness (QED) is 0.496. The van der Waals surface area contributed by atoms with Crippen LogP contribution in [0.3, 0.4) is 0 Å². The van der Waals surface area contributed by atoms with Gasteiger partial charge in [-0.1, -0.05) is 24.3 Å². The van der Waals surface area contributed by atoms with E-state index in [4.69, 9.17) is 0 Å². The smallest absolute Gasteiger partial charge is 0.333 e. The van der Waals surface area contributed by atoms with Gasteiger partial charge in [0, 0.05) is 42.8 Å². The van der Waals surface area contributed by atoms with Gasteiger partial charge < -0.3 is 5.11 Å². The fourth-order valence-corrected chi connectivity index (χ4v) is 4.70. The minimum atomic E-state index is -0.651. The maximum atomic E-state index is 12.9. The molecule has 31 heavy (non-hydrogen) atoms. The van der Waals surface area contributed by atoms with Crippen LogP contribution in [0.5, 0.6) is 5.88 Å². The summed E-state index contributed by atoms with van der Waals surface area (Å²) in [6, 6.07) is 13.7. The Bertz CT molecular complexity index is 1360. The van der Waals surface area contributed by atoms with Gasteiger partial charge >= 0.3 is 5.69 Å². The molecule has 1 N–H and O–H groups in total. The van der Waals surface area contributed by atoms with Gasteiger partial charge in [-0.15, -0.1) is 11.8 Å². The molecule has 9 nitrogen and oxygen atoms in total. The number of nitro benzene ring substituents is 1. The van der Waals surface area contributed by atoms with E-state index in [-0.39, 0.29) is 22.9 Å². The van der Waals surface area contributed by atoms with Crippen molar-refractivity contribution in [3.05, 3.63) is 90.6 Å². The summed E-state index contributed by atoms with van der Waals surface area (Å²) in [7, 11) is 2.71. The molecule has 1 atom stereocenters. The van der Waals surface area contributed by atoms with E-state index in [0.717, 1.165) is 14.0 Å². The Labute approximate surface area is 180 Å². The number of nitrogens with zero attached hydrogens (tertiary/aromatic N) is 4. The number of non-ortho nitro benzene ring substituents is 1. The third kappa shape index (κ3) is 3.66. The SMILES string of the molecule is Cn1c(O)c(C2=Nc3ccccc3SC(c3cccc([N+](=O)[O-])c3)C2)c(=O)n(C)c1=O. The zero-order chi connectivity index (χ0) is 22.3. The molecule has 0 saturated heterocycles. The molecule has 0 spiro atoms. The molecule has 1 aliphatic heterocycles. The number of rotatable bonds is 3. The number of benzene rings is 2. The number of hydrogen-bond donors (Lipinski definition) is 1. The lowest BCUT2D eigenvalue weighted by molar-refractivity contribution is -0.384. The van der Waals surface area contributed by atoms with Gasteiger partial charge in [-0.25, -0.2) is 4.79 Å². The Kier molecular flexibility index (Phi) is 5.24. The van der Waals surface area contributed by atoms with Crippen molar-refractivity contribution >= 4 is 28.8 Å². The van der Waals surface area contributed by atoms with E-state index in [1.807, 2.05) is 18.2 Å². The molecule has 10 heteroatoms. The predicted octanol–water partition coefficient (Wildman–Crippen LogP) is 3.06. The zero-order valence-electron chi connectivity index (χ0n) is 16.7. The van der Waals surface area contributed by atoms with E-state index in [2.05, 4.69) is 4.99 Å². The molecule has 0 bridgehead atoms. The van der Waals surface area contributed by atoms with Crippen LogP contribution in [0.4, 0.5) is 11.4 Å². The Morgan fingerprint density at radius 3 is 2.61 bits per heavy atom. The van der Waals surface area contributed by atoms with E-state index in [9.17, 15) is 24.8 Å². The van der Waals surface area contributed by atoms with Crippen molar-refractivity contribution in [3.63, 3.8) is 0 Å². The van der Waals surface area contributed by atoms with Gasteiger partial charge in [0.1, 0.15) is 5.56 Å². The second-order valence-corrected chi connectivity index (χ2v) is 8.34. The van der Waals surface area contributed by atoms with Gasteiger partial charge in [-0.3, -0.25) is 29.0 Å². The van der Waals surface area contributed by atoms with Gasteiger partial charge in [0.15, 0.2) is 0 Å². The summed E-state index contributed by atoms with van der Waals surface area (Å²) in [6.45, 7) is 0. The number of aliphatic imine (C=N–C) groups is 1. The molecule has 1 aromatic heterocycles. The van der Waals surface area contributed by atoms with Crippen LogP contribution >= 0.6 is 11.8 Å². The first-order valence-corrected chi connectivity index (χ1v) is 10.2. The van der Waals surface area contributed by atoms with Crippen molar-refractivity contribution in [1.82, 2.24) is 9.13 Å². The molecule has 2 aromatic carbocycles. The van der Waals surface area contributed by atoms with Crippen LogP contribution in [0, 0.1) is 10.1 Å². The largest absolute Gasteiger partial charge is 0.494 e. The van der Waals surface area contributed by atoms with E-state index < -0.39 is 22.1 Å². The van der Waals surface area contributed by atoms with E-state index >= 15 is 0 Å². The number of aromatic hydroxyl groups is 1. The van der Waals surface area contributed by atoms with Crippen molar-refractivity contribution in [2.24, 2.45) is 19.1 Å². The van der Waals surface area contributed by atoms with Crippen LogP contribution in [-0.2, 0) is 14.1 Å². The highest BCUT2D eigenvalue weighted by Crippen LogP contribution is 2.46. The second-order valence-electron chi connectivity index (χ2n) is 7.09. The van der Waals surface area contributed by atoms with Crippen molar-refractivity contribution in [3.8, 4) is 5.88 Å². The molecule has 2 heterocycles. The molecule has 3 aromatic rings. The van der Waals surface area contributed by atoms with Crippen molar-refractivity contribution in [2.75, 3.05) is 0 Å². The number of hydrogen-bond acceptors (Lipinski definition) is 7. The Morgan fingerprint density at radius 1 is 1.13 bits per heavy atom. The number of aromatic nitrogens is 2. The molecule has 0 amide bonds. The number of para-hydroxylation sites is 1. The number of fused-ring (bicyclic) bond motifs is 1. The van der Waals surface area contributed by atoms with Crippen LogP contribution in [0.25, 0.3) is 0 Å². The summed E-state index contributed by atoms with van der Waals surface area (Å²) < 4.78 is 1.91. The van der Waals surface area contributed by atoms with Crippen LogP contribution in [0.2, 0.25) is 0 Å². The first-order valence-electron chi connectivity index (χ1n) is 9.35. The summed E-state index contributed by atoms with van der Waals surface area (Å²) in [6.07, 6.45) is 0.224. The molecule has 0 fully saturated rings. The van der Waals surface area contributed by atoms with E-state index in [0.29, 0.717) is 17.0 Å². The summed E-state index contributed by atoms with van der Waals surface area (Å²) in [5.41, 5.74) is 0.234. The lowest BCUT2D eigenvalue weighted by Gasteiger charge is -2.17. The normalized spacial score (nSPS) is 15.7. The topological polar surface area (TPSA) is 120 Å². The summed E-state index contributed by atoms with van der Waals surface area (Å²) in [4.78, 5) is 41.3. The van der Waals surface area contributed by atoms with Crippen LogP contribution in [-0.4, -0.2) is 24.9 Å². The molecule has 1 unspecified atom stereocenters. The second kappa shape index (κ2) is 7.88. The number of nitro groups is 1. The highest BCUT2D eigenvalue weighted by molar-refractivity contribution is 7.99. The van der Waals surface area contributed by atoms with E-state index in [1.54, 1.807) is 18.2 Å². The highest BCUT2D eigenvalue weighted by Gasteiger charge is 2.28. The molecule has 0 radical (unpaired) electrons. The van der Waals surface area contributed by atoms with Crippen LogP contribution in [0.15, 0.2) is 68.0 Å². The third-order valence-corrected chi connectivity index (χ3v) is 6.47. The van der Waals surface area contributed by atoms with Crippen LogP contribution < -0.4 is 11.2 Å². The Morgan fingerprint density at radius 2 is 1.87 bits per heavy atom. The lowest BCUT2D eigenvalue weighted by Crippen LogP contribution is -2.40. The molecule has 4 rings (SSSR count). The van der Waals surface area contributed by atoms with Gasteiger partial charge in [-0.2, -0.15) is 0 Å². The average molecular weight is 438 g/mol. The van der Waals surface area contributed by atoms with Gasteiger partial charge in [0.05, 0.1) is 16.3 Å². The van der Waals surface area contributed by atoms with E-state index in [1.165, 1.54) is 38.0 Å². The average Bonchev–Trinajstić information content (AvgIpc) is 2.96. The van der Waals surface area contributed by atoms with Crippen molar-refractivity contribution in [1.29, 1.82) is 0 Å². The standard InChI is InChI=1S/C21H18N4O5S/c1-23-19(26)18(20(27)24(2)21(23)28)15-11-17(12-6-5-7-13(10-12)25(29)30)31-16-9-4-3-8-14(16)22-15/h3-10,17,26H,11H2,1-2H3. The minimum absolute atomic E-state index is 0.0324. The van der Waals surface area contributed by atoms with Gasteiger partial charge in [0.2, 0.25) is 5.88 Å². The first-order chi connectivity index (χ1) is 14.8. The lowest BCUT2D eigenvalue weighted by atomic mass is 10.0. The minimum Gasteiger partial charge on any atom is -0.494 e. The fourth-order valence-electron chi connectivity index (χ4n) is 3.48. The molecule has 1 aliphatic rings. The molecular formula is C21H18N4O5S. The van der Waals surface area contributed by atoms with Crippen LogP contribution in [0.1, 0.15) is 22.8 Å². The molecule has 0 saturated carbocycles. The molecular weight excluding hydrogens is 420 g/mol. The zero-order valence-corrected chi connectivity index (χ0v) is 17.5. The maximum Gasteiger partial charge on any atom is 0.333 e. The van der Waals surface area contributed by atoms with Gasteiger partial charge in [-0.05, 0) is 17.7 Å². The summed E-state index contributed by atoms with van der Waals surface area (Å²) in [5.74, 6) is -0.464. The molecule has 158 valence electrons. The maximum absolute atomic E-state index is 12.9. The van der Waals surface area contributed by atoms with Gasteiger partial charge in [0.25, 0.3) is 11.2 Å². The molecule has 0 aliphatic carbocycles.